The summed E-state index contributed by atoms with van der Waals surface area (Å²) >= 11 is 0. The standard InChI is InChI=1S/C12H20N4O2/c1-6-18-11(17)16-9-8(10(13-4)14-16)7-15(5)12(9,2)3/h6-7H2,1-5H3,(H,13,14). The molecule has 6 heteroatoms. The zero-order chi connectivity index (χ0) is 13.5. The van der Waals surface area contributed by atoms with E-state index in [4.69, 9.17) is 4.74 Å². The molecule has 0 fully saturated rings. The van der Waals surface area contributed by atoms with Crippen molar-refractivity contribution < 1.29 is 9.53 Å². The smallest absolute Gasteiger partial charge is 0.435 e. The fourth-order valence-corrected chi connectivity index (χ4v) is 2.36. The van der Waals surface area contributed by atoms with Gasteiger partial charge in [-0.05, 0) is 27.8 Å². The molecule has 0 radical (unpaired) electrons. The van der Waals surface area contributed by atoms with E-state index in [1.54, 1.807) is 6.92 Å². The summed E-state index contributed by atoms with van der Waals surface area (Å²) in [7, 11) is 3.85. The summed E-state index contributed by atoms with van der Waals surface area (Å²) in [5, 5.41) is 7.34. The SMILES string of the molecule is CCOC(=O)n1nc(NC)c2c1C(C)(C)N(C)C2. The number of aromatic nitrogens is 2. The second-order valence-corrected chi connectivity index (χ2v) is 4.95. The summed E-state index contributed by atoms with van der Waals surface area (Å²) in [5.41, 5.74) is 1.75. The second-order valence-electron chi connectivity index (χ2n) is 4.95. The summed E-state index contributed by atoms with van der Waals surface area (Å²) in [6.45, 7) is 7.07. The summed E-state index contributed by atoms with van der Waals surface area (Å²) in [6.07, 6.45) is -0.418. The molecule has 0 aliphatic carbocycles. The Balaban J connectivity index is 2.54. The molecule has 0 saturated heterocycles. The third-order valence-corrected chi connectivity index (χ3v) is 3.59. The molecule has 0 bridgehead atoms. The van der Waals surface area contributed by atoms with Crippen molar-refractivity contribution in [3.8, 4) is 0 Å². The van der Waals surface area contributed by atoms with Crippen LogP contribution in [0.4, 0.5) is 10.6 Å². The molecule has 0 aromatic carbocycles. The zero-order valence-corrected chi connectivity index (χ0v) is 11.6. The van der Waals surface area contributed by atoms with Crippen molar-refractivity contribution in [2.24, 2.45) is 0 Å². The van der Waals surface area contributed by atoms with Crippen LogP contribution >= 0.6 is 0 Å². The third-order valence-electron chi connectivity index (χ3n) is 3.59. The first-order valence-electron chi connectivity index (χ1n) is 6.12. The van der Waals surface area contributed by atoms with Gasteiger partial charge in [0.25, 0.3) is 0 Å². The molecular formula is C12H20N4O2. The van der Waals surface area contributed by atoms with Crippen LogP contribution in [0.15, 0.2) is 0 Å². The van der Waals surface area contributed by atoms with E-state index in [0.29, 0.717) is 6.61 Å². The normalized spacial score (nSPS) is 17.6. The van der Waals surface area contributed by atoms with Gasteiger partial charge in [-0.2, -0.15) is 4.68 Å². The second kappa shape index (κ2) is 4.28. The minimum absolute atomic E-state index is 0.232. The van der Waals surface area contributed by atoms with E-state index in [9.17, 15) is 4.79 Å². The third kappa shape index (κ3) is 1.68. The lowest BCUT2D eigenvalue weighted by atomic mass is 10.0. The lowest BCUT2D eigenvalue weighted by Gasteiger charge is -2.28. The van der Waals surface area contributed by atoms with Crippen molar-refractivity contribution in [2.45, 2.75) is 32.9 Å². The summed E-state index contributed by atoms with van der Waals surface area (Å²) in [5.74, 6) is 0.746. The molecule has 1 aliphatic heterocycles. The highest BCUT2D eigenvalue weighted by atomic mass is 16.6. The van der Waals surface area contributed by atoms with Gasteiger partial charge in [-0.3, -0.25) is 4.90 Å². The van der Waals surface area contributed by atoms with Gasteiger partial charge in [-0.15, -0.1) is 5.10 Å². The average molecular weight is 252 g/mol. The fourth-order valence-electron chi connectivity index (χ4n) is 2.36. The van der Waals surface area contributed by atoms with E-state index in [0.717, 1.165) is 23.6 Å². The van der Waals surface area contributed by atoms with E-state index in [-0.39, 0.29) is 5.54 Å². The van der Waals surface area contributed by atoms with Crippen LogP contribution < -0.4 is 5.32 Å². The maximum atomic E-state index is 12.0. The molecule has 1 aromatic heterocycles. The first kappa shape index (κ1) is 12.9. The Bertz CT molecular complexity index is 479. The van der Waals surface area contributed by atoms with E-state index in [2.05, 4.69) is 29.2 Å². The van der Waals surface area contributed by atoms with Crippen molar-refractivity contribution in [3.05, 3.63) is 11.3 Å². The average Bonchev–Trinajstić information content (AvgIpc) is 2.77. The molecule has 0 saturated carbocycles. The minimum Gasteiger partial charge on any atom is -0.448 e. The number of carbonyl (C=O) groups is 1. The Morgan fingerprint density at radius 2 is 2.22 bits per heavy atom. The summed E-state index contributed by atoms with van der Waals surface area (Å²) < 4.78 is 6.44. The van der Waals surface area contributed by atoms with Crippen LogP contribution in [0.5, 0.6) is 0 Å². The van der Waals surface area contributed by atoms with Crippen molar-refractivity contribution in [3.63, 3.8) is 0 Å². The Kier molecular flexibility index (Phi) is 3.06. The number of carbonyl (C=O) groups excluding carboxylic acids is 1. The molecule has 0 unspecified atom stereocenters. The van der Waals surface area contributed by atoms with Gasteiger partial charge in [0.2, 0.25) is 0 Å². The van der Waals surface area contributed by atoms with Crippen molar-refractivity contribution >= 4 is 11.9 Å². The van der Waals surface area contributed by atoms with Gasteiger partial charge in [-0.25, -0.2) is 4.79 Å². The predicted molar refractivity (Wildman–Crippen MR) is 68.7 cm³/mol. The first-order valence-corrected chi connectivity index (χ1v) is 6.12. The lowest BCUT2D eigenvalue weighted by Crippen LogP contribution is -2.35. The topological polar surface area (TPSA) is 59.4 Å². The predicted octanol–water partition coefficient (Wildman–Crippen LogP) is 1.61. The van der Waals surface area contributed by atoms with Crippen LogP contribution in [0.2, 0.25) is 0 Å². The zero-order valence-electron chi connectivity index (χ0n) is 11.6. The van der Waals surface area contributed by atoms with Crippen LogP contribution in [0.3, 0.4) is 0 Å². The molecular weight excluding hydrogens is 232 g/mol. The van der Waals surface area contributed by atoms with Gasteiger partial charge in [0, 0.05) is 19.2 Å². The Labute approximate surface area is 107 Å². The highest BCUT2D eigenvalue weighted by Gasteiger charge is 2.42. The van der Waals surface area contributed by atoms with Crippen LogP contribution in [-0.4, -0.2) is 41.5 Å². The van der Waals surface area contributed by atoms with Gasteiger partial charge in [0.15, 0.2) is 5.82 Å². The number of nitrogens with zero attached hydrogens (tertiary/aromatic N) is 3. The molecule has 1 aromatic rings. The largest absolute Gasteiger partial charge is 0.448 e. The van der Waals surface area contributed by atoms with Crippen molar-refractivity contribution in [1.82, 2.24) is 14.7 Å². The van der Waals surface area contributed by atoms with E-state index >= 15 is 0 Å². The van der Waals surface area contributed by atoms with Crippen molar-refractivity contribution in [2.75, 3.05) is 26.0 Å². The van der Waals surface area contributed by atoms with Gasteiger partial charge in [0.05, 0.1) is 17.8 Å². The molecule has 0 spiro atoms. The van der Waals surface area contributed by atoms with Crippen LogP contribution in [0.25, 0.3) is 0 Å². The number of rotatable bonds is 2. The molecule has 2 rings (SSSR count). The molecule has 2 heterocycles. The maximum Gasteiger partial charge on any atom is 0.435 e. The van der Waals surface area contributed by atoms with Crippen LogP contribution in [-0.2, 0) is 16.8 Å². The van der Waals surface area contributed by atoms with Gasteiger partial charge >= 0.3 is 6.09 Å². The highest BCUT2D eigenvalue weighted by molar-refractivity contribution is 5.73. The number of nitrogens with one attached hydrogen (secondary N) is 1. The molecule has 1 N–H and O–H groups in total. The number of hydrogen-bond donors (Lipinski definition) is 1. The summed E-state index contributed by atoms with van der Waals surface area (Å²) in [6, 6.07) is 0. The number of anilines is 1. The van der Waals surface area contributed by atoms with E-state index in [1.807, 2.05) is 14.1 Å². The molecule has 6 nitrogen and oxygen atoms in total. The van der Waals surface area contributed by atoms with Crippen LogP contribution in [0, 0.1) is 0 Å². The highest BCUT2D eigenvalue weighted by Crippen LogP contribution is 2.40. The first-order chi connectivity index (χ1) is 8.43. The lowest BCUT2D eigenvalue weighted by molar-refractivity contribution is 0.138. The van der Waals surface area contributed by atoms with Gasteiger partial charge in [0.1, 0.15) is 0 Å². The Morgan fingerprint density at radius 3 is 2.78 bits per heavy atom. The van der Waals surface area contributed by atoms with E-state index < -0.39 is 6.09 Å². The van der Waals surface area contributed by atoms with Crippen LogP contribution in [0.1, 0.15) is 32.0 Å². The number of fused-ring (bicyclic) bond motifs is 1. The molecule has 100 valence electrons. The van der Waals surface area contributed by atoms with Crippen molar-refractivity contribution in [1.29, 1.82) is 0 Å². The van der Waals surface area contributed by atoms with E-state index in [1.165, 1.54) is 4.68 Å². The molecule has 1 aliphatic rings. The number of ether oxygens (including phenoxy) is 1. The minimum atomic E-state index is -0.418. The maximum absolute atomic E-state index is 12.0. The molecule has 0 amide bonds. The van der Waals surface area contributed by atoms with Gasteiger partial charge in [-0.1, -0.05) is 0 Å². The van der Waals surface area contributed by atoms with Gasteiger partial charge < -0.3 is 10.1 Å². The quantitative estimate of drug-likeness (QED) is 0.866. The fraction of sp³-hybridized carbons (Fsp3) is 0.667. The summed E-state index contributed by atoms with van der Waals surface area (Å²) in [4.78, 5) is 14.2. The Hall–Kier alpha value is -1.56. The Morgan fingerprint density at radius 1 is 1.56 bits per heavy atom. The monoisotopic (exact) mass is 252 g/mol. The number of hydrogen-bond acceptors (Lipinski definition) is 5. The molecule has 0 atom stereocenters. The molecule has 18 heavy (non-hydrogen) atoms.